The van der Waals surface area contributed by atoms with E-state index in [1.165, 1.54) is 0 Å². The second-order valence-electron chi connectivity index (χ2n) is 4.46. The predicted molar refractivity (Wildman–Crippen MR) is 79.2 cm³/mol. The average Bonchev–Trinajstić information content (AvgIpc) is 2.83. The van der Waals surface area contributed by atoms with Gasteiger partial charge in [0.15, 0.2) is 0 Å². The Hall–Kier alpha value is -1.02. The molecule has 1 aliphatic heterocycles. The van der Waals surface area contributed by atoms with Crippen molar-refractivity contribution in [3.63, 3.8) is 0 Å². The van der Waals surface area contributed by atoms with Crippen molar-refractivity contribution in [3.05, 3.63) is 36.0 Å². The van der Waals surface area contributed by atoms with Gasteiger partial charge in [0.25, 0.3) is 0 Å². The molecule has 0 spiro atoms. The Bertz CT molecular complexity index is 379. The lowest BCUT2D eigenvalue weighted by molar-refractivity contribution is 0.364. The molecule has 0 aromatic heterocycles. The van der Waals surface area contributed by atoms with Gasteiger partial charge in [0.05, 0.1) is 6.07 Å². The molecular formula is C14H21N3S. The van der Waals surface area contributed by atoms with E-state index in [2.05, 4.69) is 35.1 Å². The van der Waals surface area contributed by atoms with Crippen molar-refractivity contribution in [2.45, 2.75) is 25.8 Å². The fourth-order valence-corrected chi connectivity index (χ4v) is 2.29. The van der Waals surface area contributed by atoms with Crippen molar-refractivity contribution < 1.29 is 0 Å². The van der Waals surface area contributed by atoms with Crippen molar-refractivity contribution in [1.82, 2.24) is 9.62 Å². The van der Waals surface area contributed by atoms with Gasteiger partial charge in [0, 0.05) is 31.2 Å². The number of nitrogens with one attached hydrogen (secondary N) is 1. The summed E-state index contributed by atoms with van der Waals surface area (Å²) in [5, 5.41) is 8.98. The summed E-state index contributed by atoms with van der Waals surface area (Å²) in [5.74, 6) is 0. The van der Waals surface area contributed by atoms with Crippen LogP contribution in [0.25, 0.3) is 0 Å². The van der Waals surface area contributed by atoms with Gasteiger partial charge in [-0.2, -0.15) is 5.26 Å². The van der Waals surface area contributed by atoms with E-state index in [0.29, 0.717) is 6.04 Å². The number of thiol groups is 1. The molecule has 98 valence electrons. The molecular weight excluding hydrogens is 242 g/mol. The number of rotatable bonds is 6. The molecule has 18 heavy (non-hydrogen) atoms. The van der Waals surface area contributed by atoms with Crippen LogP contribution in [0.15, 0.2) is 36.0 Å². The third kappa shape index (κ3) is 4.69. The average molecular weight is 263 g/mol. The molecule has 3 nitrogen and oxygen atoms in total. The van der Waals surface area contributed by atoms with Crippen LogP contribution in [0.2, 0.25) is 0 Å². The van der Waals surface area contributed by atoms with Crippen molar-refractivity contribution in [2.75, 3.05) is 19.6 Å². The minimum atomic E-state index is 0.462. The number of hydrogen-bond acceptors (Lipinski definition) is 4. The Kier molecular flexibility index (Phi) is 6.81. The Morgan fingerprint density at radius 2 is 2.44 bits per heavy atom. The van der Waals surface area contributed by atoms with Crippen LogP contribution < -0.4 is 4.72 Å². The van der Waals surface area contributed by atoms with Gasteiger partial charge >= 0.3 is 0 Å². The largest absolute Gasteiger partial charge is 0.297 e. The molecule has 1 aliphatic rings. The first-order valence-corrected chi connectivity index (χ1v) is 6.72. The summed E-state index contributed by atoms with van der Waals surface area (Å²) in [5.41, 5.74) is 1.95. The number of hydrogen-bond donors (Lipinski definition) is 2. The number of nitriles is 1. The number of allylic oxidation sites excluding steroid dienone is 3. The maximum Gasteiger partial charge on any atom is 0.0947 e. The van der Waals surface area contributed by atoms with Gasteiger partial charge in [-0.15, -0.1) is 0 Å². The Balaban J connectivity index is 2.65. The second-order valence-corrected chi connectivity index (χ2v) is 4.72. The zero-order valence-electron chi connectivity index (χ0n) is 10.9. The molecule has 0 amide bonds. The maximum atomic E-state index is 8.98. The van der Waals surface area contributed by atoms with E-state index >= 15 is 0 Å². The summed E-state index contributed by atoms with van der Waals surface area (Å²) in [6.45, 7) is 8.66. The molecule has 0 aromatic rings. The minimum absolute atomic E-state index is 0.462. The van der Waals surface area contributed by atoms with Gasteiger partial charge in [-0.05, 0) is 24.5 Å². The summed E-state index contributed by atoms with van der Waals surface area (Å²) in [7, 11) is 0. The van der Waals surface area contributed by atoms with E-state index in [-0.39, 0.29) is 0 Å². The first kappa shape index (κ1) is 15.0. The number of likely N-dealkylation sites (tertiary alicyclic amines) is 1. The molecule has 0 radical (unpaired) electrons. The van der Waals surface area contributed by atoms with E-state index in [0.717, 1.165) is 43.6 Å². The SMILES string of the molecule is C=C/C=C(\C=C(\C#N)CC)CN1CCC(NS)C1. The molecule has 0 saturated carbocycles. The molecule has 1 atom stereocenters. The molecule has 0 bridgehead atoms. The Morgan fingerprint density at radius 3 is 2.94 bits per heavy atom. The van der Waals surface area contributed by atoms with Crippen molar-refractivity contribution >= 4 is 12.8 Å². The Morgan fingerprint density at radius 1 is 1.67 bits per heavy atom. The van der Waals surface area contributed by atoms with Gasteiger partial charge in [-0.3, -0.25) is 9.62 Å². The summed E-state index contributed by atoms with van der Waals surface area (Å²) in [6, 6.07) is 2.69. The van der Waals surface area contributed by atoms with Crippen LogP contribution in [0, 0.1) is 11.3 Å². The van der Waals surface area contributed by atoms with E-state index < -0.39 is 0 Å². The zero-order valence-corrected chi connectivity index (χ0v) is 11.8. The van der Waals surface area contributed by atoms with Crippen molar-refractivity contribution in [2.24, 2.45) is 0 Å². The lowest BCUT2D eigenvalue weighted by Gasteiger charge is -2.16. The smallest absolute Gasteiger partial charge is 0.0947 e. The van der Waals surface area contributed by atoms with E-state index in [9.17, 15) is 0 Å². The minimum Gasteiger partial charge on any atom is -0.297 e. The van der Waals surface area contributed by atoms with E-state index in [1.54, 1.807) is 6.08 Å². The highest BCUT2D eigenvalue weighted by molar-refractivity contribution is 7.78. The maximum absolute atomic E-state index is 8.98. The summed E-state index contributed by atoms with van der Waals surface area (Å²) in [4.78, 5) is 2.37. The fraction of sp³-hybridized carbons (Fsp3) is 0.500. The molecule has 1 unspecified atom stereocenters. The van der Waals surface area contributed by atoms with Crippen LogP contribution in [0.4, 0.5) is 0 Å². The normalized spacial score (nSPS) is 21.9. The number of nitrogens with zero attached hydrogens (tertiary/aromatic N) is 2. The molecule has 1 saturated heterocycles. The van der Waals surface area contributed by atoms with E-state index in [4.69, 9.17) is 5.26 Å². The van der Waals surface area contributed by atoms with E-state index in [1.807, 2.05) is 19.1 Å². The van der Waals surface area contributed by atoms with Crippen LogP contribution in [0.1, 0.15) is 19.8 Å². The molecule has 1 heterocycles. The highest BCUT2D eigenvalue weighted by atomic mass is 32.1. The molecule has 4 heteroatoms. The first-order chi connectivity index (χ1) is 8.73. The lowest BCUT2D eigenvalue weighted by atomic mass is 10.1. The van der Waals surface area contributed by atoms with Crippen LogP contribution in [-0.2, 0) is 0 Å². The van der Waals surface area contributed by atoms with Crippen LogP contribution in [-0.4, -0.2) is 30.6 Å². The molecule has 1 fully saturated rings. The van der Waals surface area contributed by atoms with Gasteiger partial charge in [0.1, 0.15) is 0 Å². The molecule has 0 aliphatic carbocycles. The third-order valence-electron chi connectivity index (χ3n) is 3.08. The van der Waals surface area contributed by atoms with Gasteiger partial charge in [0.2, 0.25) is 0 Å². The summed E-state index contributed by atoms with van der Waals surface area (Å²) in [6.07, 6.45) is 7.62. The standard InChI is InChI=1S/C14H21N3S/c1-3-5-13(8-12(4-2)9-15)10-17-7-6-14(11-17)16-18/h3,5,8,14,16,18H,1,4,6-7,10-11H2,2H3/b12-8+,13-5+. The highest BCUT2D eigenvalue weighted by Gasteiger charge is 2.21. The quantitative estimate of drug-likeness (QED) is 0.439. The fourth-order valence-electron chi connectivity index (χ4n) is 2.07. The second kappa shape index (κ2) is 8.15. The lowest BCUT2D eigenvalue weighted by Crippen LogP contribution is -2.28. The van der Waals surface area contributed by atoms with Gasteiger partial charge < -0.3 is 0 Å². The predicted octanol–water partition coefficient (Wildman–Crippen LogP) is 2.47. The molecule has 0 aromatic carbocycles. The van der Waals surface area contributed by atoms with Gasteiger partial charge in [-0.25, -0.2) is 0 Å². The van der Waals surface area contributed by atoms with Crippen LogP contribution >= 0.6 is 12.8 Å². The van der Waals surface area contributed by atoms with Gasteiger partial charge in [-0.1, -0.05) is 38.5 Å². The summed E-state index contributed by atoms with van der Waals surface area (Å²) < 4.78 is 3.01. The zero-order chi connectivity index (χ0) is 13.4. The van der Waals surface area contributed by atoms with Crippen molar-refractivity contribution in [3.8, 4) is 6.07 Å². The molecule has 1 rings (SSSR count). The monoisotopic (exact) mass is 263 g/mol. The summed E-state index contributed by atoms with van der Waals surface area (Å²) >= 11 is 4.11. The van der Waals surface area contributed by atoms with Crippen molar-refractivity contribution in [1.29, 1.82) is 5.26 Å². The topological polar surface area (TPSA) is 39.1 Å². The Labute approximate surface area is 115 Å². The first-order valence-electron chi connectivity index (χ1n) is 6.27. The highest BCUT2D eigenvalue weighted by Crippen LogP contribution is 2.14. The third-order valence-corrected chi connectivity index (χ3v) is 3.44. The van der Waals surface area contributed by atoms with Crippen LogP contribution in [0.3, 0.4) is 0 Å². The molecule has 1 N–H and O–H groups in total. The van der Waals surface area contributed by atoms with Crippen LogP contribution in [0.5, 0.6) is 0 Å².